The van der Waals surface area contributed by atoms with Gasteiger partial charge in [0.15, 0.2) is 0 Å². The lowest BCUT2D eigenvalue weighted by Gasteiger charge is -2.17. The number of benzene rings is 1. The number of aliphatic hydroxyl groups is 1. The summed E-state index contributed by atoms with van der Waals surface area (Å²) < 4.78 is 38.7. The fraction of sp³-hybridized carbons (Fsp3) is 0.500. The quantitative estimate of drug-likeness (QED) is 0.855. The highest BCUT2D eigenvalue weighted by atomic mass is 79.9. The summed E-state index contributed by atoms with van der Waals surface area (Å²) in [4.78, 5) is 0. The highest BCUT2D eigenvalue weighted by Gasteiger charge is 2.34. The summed E-state index contributed by atoms with van der Waals surface area (Å²) in [5.41, 5.74) is -0.815. The topological polar surface area (TPSA) is 20.2 Å². The number of unbranched alkanes of at least 4 members (excludes halogenated alkanes) is 1. The van der Waals surface area contributed by atoms with E-state index in [-0.39, 0.29) is 5.56 Å². The van der Waals surface area contributed by atoms with E-state index in [0.717, 1.165) is 12.5 Å². The number of alkyl halides is 3. The summed E-state index contributed by atoms with van der Waals surface area (Å²) in [6, 6.07) is 3.84. The number of hydrogen-bond acceptors (Lipinski definition) is 1. The van der Waals surface area contributed by atoms with E-state index in [1.54, 1.807) is 0 Å². The molecule has 96 valence electrons. The maximum Gasteiger partial charge on any atom is 0.416 e. The molecular formula is C12H14BrF3O. The van der Waals surface area contributed by atoms with Gasteiger partial charge in [-0.05, 0) is 24.1 Å². The molecule has 5 heteroatoms. The lowest BCUT2D eigenvalue weighted by atomic mass is 9.98. The van der Waals surface area contributed by atoms with Crippen LogP contribution in [0, 0.1) is 0 Å². The van der Waals surface area contributed by atoms with Crippen LogP contribution in [0.1, 0.15) is 43.4 Å². The zero-order valence-electron chi connectivity index (χ0n) is 9.39. The molecule has 0 aliphatic heterocycles. The second-order valence-corrected chi connectivity index (χ2v) is 4.80. The summed E-state index contributed by atoms with van der Waals surface area (Å²) >= 11 is 3.01. The van der Waals surface area contributed by atoms with Gasteiger partial charge in [-0.2, -0.15) is 13.2 Å². The molecule has 0 amide bonds. The average molecular weight is 311 g/mol. The third-order valence-electron chi connectivity index (χ3n) is 2.51. The Morgan fingerprint density at radius 1 is 1.35 bits per heavy atom. The smallest absolute Gasteiger partial charge is 0.388 e. The van der Waals surface area contributed by atoms with Crippen molar-refractivity contribution < 1.29 is 18.3 Å². The van der Waals surface area contributed by atoms with E-state index < -0.39 is 17.8 Å². The molecule has 1 atom stereocenters. The molecule has 0 fully saturated rings. The van der Waals surface area contributed by atoms with E-state index in [1.807, 2.05) is 6.92 Å². The molecule has 1 rings (SSSR count). The monoisotopic (exact) mass is 310 g/mol. The van der Waals surface area contributed by atoms with E-state index in [4.69, 9.17) is 0 Å². The average Bonchev–Trinajstić information content (AvgIpc) is 2.24. The lowest BCUT2D eigenvalue weighted by Crippen LogP contribution is -2.12. The highest BCUT2D eigenvalue weighted by Crippen LogP contribution is 2.37. The first-order valence-electron chi connectivity index (χ1n) is 5.41. The highest BCUT2D eigenvalue weighted by molar-refractivity contribution is 9.10. The van der Waals surface area contributed by atoms with Crippen LogP contribution in [0.15, 0.2) is 22.7 Å². The first kappa shape index (κ1) is 14.5. The second kappa shape index (κ2) is 5.87. The van der Waals surface area contributed by atoms with E-state index in [9.17, 15) is 18.3 Å². The predicted molar refractivity (Wildman–Crippen MR) is 63.6 cm³/mol. The van der Waals surface area contributed by atoms with Gasteiger partial charge < -0.3 is 5.11 Å². The van der Waals surface area contributed by atoms with Crippen molar-refractivity contribution in [1.82, 2.24) is 0 Å². The zero-order chi connectivity index (χ0) is 13.1. The molecule has 0 saturated carbocycles. The predicted octanol–water partition coefficient (Wildman–Crippen LogP) is 4.69. The normalized spacial score (nSPS) is 13.8. The minimum absolute atomic E-state index is 0.0471. The van der Waals surface area contributed by atoms with Crippen LogP contribution >= 0.6 is 15.9 Å². The number of aliphatic hydroxyl groups excluding tert-OH is 1. The van der Waals surface area contributed by atoms with Gasteiger partial charge in [-0.25, -0.2) is 0 Å². The Labute approximate surface area is 107 Å². The van der Waals surface area contributed by atoms with Crippen LogP contribution in [0.25, 0.3) is 0 Å². The first-order valence-corrected chi connectivity index (χ1v) is 6.20. The number of rotatable bonds is 4. The molecule has 1 unspecified atom stereocenters. The Bertz CT molecular complexity index is 377. The molecule has 1 aromatic carbocycles. The minimum atomic E-state index is -4.44. The van der Waals surface area contributed by atoms with Crippen LogP contribution in [0.4, 0.5) is 13.2 Å². The van der Waals surface area contributed by atoms with Crippen molar-refractivity contribution in [3.05, 3.63) is 33.8 Å². The molecule has 0 radical (unpaired) electrons. The molecule has 0 saturated heterocycles. The maximum atomic E-state index is 12.8. The van der Waals surface area contributed by atoms with Crippen molar-refractivity contribution >= 4 is 15.9 Å². The Hall–Kier alpha value is -0.550. The standard InChI is InChI=1S/C12H14BrF3O/c1-2-3-4-11(17)9-6-5-8(13)7-10(9)12(14,15)16/h5-7,11,17H,2-4H2,1H3. The molecule has 0 heterocycles. The van der Waals surface area contributed by atoms with Crippen molar-refractivity contribution in [1.29, 1.82) is 0 Å². The summed E-state index contributed by atoms with van der Waals surface area (Å²) in [5.74, 6) is 0. The second-order valence-electron chi connectivity index (χ2n) is 3.89. The molecular weight excluding hydrogens is 297 g/mol. The van der Waals surface area contributed by atoms with Crippen LogP contribution < -0.4 is 0 Å². The van der Waals surface area contributed by atoms with Gasteiger partial charge >= 0.3 is 6.18 Å². The van der Waals surface area contributed by atoms with Crippen LogP contribution in [-0.4, -0.2) is 5.11 Å². The molecule has 1 N–H and O–H groups in total. The van der Waals surface area contributed by atoms with Crippen LogP contribution in [0.5, 0.6) is 0 Å². The molecule has 1 aromatic rings. The van der Waals surface area contributed by atoms with Gasteiger partial charge in [0, 0.05) is 4.47 Å². The van der Waals surface area contributed by atoms with Gasteiger partial charge in [0.1, 0.15) is 0 Å². The summed E-state index contributed by atoms with van der Waals surface area (Å²) in [7, 11) is 0. The van der Waals surface area contributed by atoms with Crippen LogP contribution in [0.3, 0.4) is 0 Å². The van der Waals surface area contributed by atoms with E-state index in [2.05, 4.69) is 15.9 Å². The van der Waals surface area contributed by atoms with Crippen molar-refractivity contribution in [2.24, 2.45) is 0 Å². The van der Waals surface area contributed by atoms with Gasteiger partial charge in [-0.3, -0.25) is 0 Å². The molecule has 17 heavy (non-hydrogen) atoms. The first-order chi connectivity index (χ1) is 7.86. The molecule has 0 bridgehead atoms. The number of hydrogen-bond donors (Lipinski definition) is 1. The van der Waals surface area contributed by atoms with E-state index in [1.165, 1.54) is 12.1 Å². The zero-order valence-corrected chi connectivity index (χ0v) is 11.0. The fourth-order valence-electron chi connectivity index (χ4n) is 1.62. The molecule has 1 nitrogen and oxygen atoms in total. The Morgan fingerprint density at radius 2 is 2.00 bits per heavy atom. The third-order valence-corrected chi connectivity index (χ3v) is 3.00. The minimum Gasteiger partial charge on any atom is -0.388 e. The van der Waals surface area contributed by atoms with Crippen molar-refractivity contribution in [3.63, 3.8) is 0 Å². The summed E-state index contributed by atoms with van der Waals surface area (Å²) in [6.45, 7) is 1.93. The van der Waals surface area contributed by atoms with Crippen LogP contribution in [0.2, 0.25) is 0 Å². The molecule has 0 aliphatic rings. The van der Waals surface area contributed by atoms with Gasteiger partial charge in [0.25, 0.3) is 0 Å². The maximum absolute atomic E-state index is 12.8. The molecule has 0 spiro atoms. The molecule has 0 aliphatic carbocycles. The van der Waals surface area contributed by atoms with Gasteiger partial charge in [-0.1, -0.05) is 41.8 Å². The Morgan fingerprint density at radius 3 is 2.53 bits per heavy atom. The lowest BCUT2D eigenvalue weighted by molar-refractivity contribution is -0.139. The SMILES string of the molecule is CCCCC(O)c1ccc(Br)cc1C(F)(F)F. The molecule has 0 aromatic heterocycles. The largest absolute Gasteiger partial charge is 0.416 e. The van der Waals surface area contributed by atoms with Crippen molar-refractivity contribution in [2.75, 3.05) is 0 Å². The van der Waals surface area contributed by atoms with Gasteiger partial charge in [-0.15, -0.1) is 0 Å². The summed E-state index contributed by atoms with van der Waals surface area (Å²) in [6.07, 6.45) is -3.60. The van der Waals surface area contributed by atoms with Crippen molar-refractivity contribution in [3.8, 4) is 0 Å². The Balaban J connectivity index is 3.06. The Kier molecular flexibility index (Phi) is 5.01. The summed E-state index contributed by atoms with van der Waals surface area (Å²) in [5, 5.41) is 9.77. The fourth-order valence-corrected chi connectivity index (χ4v) is 1.98. The van der Waals surface area contributed by atoms with Crippen molar-refractivity contribution in [2.45, 2.75) is 38.5 Å². The number of halogens is 4. The van der Waals surface area contributed by atoms with E-state index >= 15 is 0 Å². The van der Waals surface area contributed by atoms with Gasteiger partial charge in [0.2, 0.25) is 0 Å². The van der Waals surface area contributed by atoms with E-state index in [0.29, 0.717) is 17.3 Å². The third kappa shape index (κ3) is 4.00. The van der Waals surface area contributed by atoms with Crippen LogP contribution in [-0.2, 0) is 6.18 Å². The van der Waals surface area contributed by atoms with Gasteiger partial charge in [0.05, 0.1) is 11.7 Å².